The minimum absolute atomic E-state index is 0.182. The molecule has 114 valence electrons. The van der Waals surface area contributed by atoms with Crippen molar-refractivity contribution in [1.82, 2.24) is 5.32 Å². The van der Waals surface area contributed by atoms with Gasteiger partial charge in [0.15, 0.2) is 0 Å². The summed E-state index contributed by atoms with van der Waals surface area (Å²) < 4.78 is 19.9. The van der Waals surface area contributed by atoms with Crippen LogP contribution in [-0.2, 0) is 4.74 Å². The Morgan fingerprint density at radius 2 is 1.95 bits per heavy atom. The molecule has 0 saturated heterocycles. The summed E-state index contributed by atoms with van der Waals surface area (Å²) in [6, 6.07) is 6.90. The molecule has 0 spiro atoms. The van der Waals surface area contributed by atoms with Gasteiger partial charge in [-0.15, -0.1) is 0 Å². The van der Waals surface area contributed by atoms with Crippen molar-refractivity contribution in [2.45, 2.75) is 46.1 Å². The van der Waals surface area contributed by atoms with Crippen molar-refractivity contribution in [2.24, 2.45) is 5.92 Å². The van der Waals surface area contributed by atoms with Crippen LogP contribution in [0, 0.1) is 11.7 Å². The molecule has 0 heterocycles. The maximum Gasteiger partial charge on any atom is 0.129 e. The number of nitrogens with one attached hydrogen (secondary N) is 1. The summed E-state index contributed by atoms with van der Waals surface area (Å²) in [4.78, 5) is 0. The molecule has 2 atom stereocenters. The molecular formula is C17H28FNO. The molecule has 0 fully saturated rings. The quantitative estimate of drug-likeness (QED) is 0.645. The molecule has 3 heteroatoms. The van der Waals surface area contributed by atoms with E-state index in [1.54, 1.807) is 6.07 Å². The van der Waals surface area contributed by atoms with E-state index in [1.807, 2.05) is 12.1 Å². The first-order valence-corrected chi connectivity index (χ1v) is 7.75. The number of hydrogen-bond donors (Lipinski definition) is 1. The van der Waals surface area contributed by atoms with Gasteiger partial charge in [-0.25, -0.2) is 4.39 Å². The summed E-state index contributed by atoms with van der Waals surface area (Å²) in [5.74, 6) is 0.333. The average molecular weight is 281 g/mol. The molecule has 1 aromatic carbocycles. The van der Waals surface area contributed by atoms with Crippen molar-refractivity contribution in [1.29, 1.82) is 0 Å². The summed E-state index contributed by atoms with van der Waals surface area (Å²) in [5, 5.41) is 3.32. The highest BCUT2D eigenvalue weighted by atomic mass is 19.1. The van der Waals surface area contributed by atoms with Gasteiger partial charge in [-0.2, -0.15) is 0 Å². The summed E-state index contributed by atoms with van der Waals surface area (Å²) in [6.45, 7) is 8.75. The van der Waals surface area contributed by atoms with Crippen LogP contribution < -0.4 is 5.32 Å². The van der Waals surface area contributed by atoms with Crippen molar-refractivity contribution < 1.29 is 9.13 Å². The third kappa shape index (κ3) is 6.02. The van der Waals surface area contributed by atoms with Crippen molar-refractivity contribution in [3.8, 4) is 0 Å². The lowest BCUT2D eigenvalue weighted by Crippen LogP contribution is -2.26. The molecule has 0 aliphatic heterocycles. The van der Waals surface area contributed by atoms with Crippen LogP contribution in [0.15, 0.2) is 24.3 Å². The Bertz CT molecular complexity index is 370. The van der Waals surface area contributed by atoms with Crippen LogP contribution in [0.3, 0.4) is 0 Å². The number of hydrogen-bond acceptors (Lipinski definition) is 2. The van der Waals surface area contributed by atoms with Crippen molar-refractivity contribution >= 4 is 0 Å². The van der Waals surface area contributed by atoms with E-state index in [0.717, 1.165) is 25.8 Å². The first kappa shape index (κ1) is 17.1. The van der Waals surface area contributed by atoms with Gasteiger partial charge in [0.2, 0.25) is 0 Å². The van der Waals surface area contributed by atoms with Crippen molar-refractivity contribution in [2.75, 3.05) is 19.7 Å². The summed E-state index contributed by atoms with van der Waals surface area (Å²) in [7, 11) is 0. The topological polar surface area (TPSA) is 21.3 Å². The number of benzene rings is 1. The third-order valence-electron chi connectivity index (χ3n) is 3.37. The molecular weight excluding hydrogens is 253 g/mol. The van der Waals surface area contributed by atoms with Crippen LogP contribution in [0.5, 0.6) is 0 Å². The maximum absolute atomic E-state index is 13.9. The monoisotopic (exact) mass is 281 g/mol. The van der Waals surface area contributed by atoms with Crippen LogP contribution in [0.25, 0.3) is 0 Å². The van der Waals surface area contributed by atoms with Crippen molar-refractivity contribution in [3.63, 3.8) is 0 Å². The summed E-state index contributed by atoms with van der Waals surface area (Å²) in [6.07, 6.45) is 3.16. The lowest BCUT2D eigenvalue weighted by Gasteiger charge is -2.21. The zero-order valence-electron chi connectivity index (χ0n) is 13.0. The second-order valence-corrected chi connectivity index (χ2v) is 5.44. The second kappa shape index (κ2) is 9.89. The standard InChI is InChI=1S/C17H28FNO/c1-4-8-14(3)13-20-17(12-19-11-5-2)15-9-6-7-10-16(15)18/h6-7,9-10,14,17,19H,4-5,8,11-13H2,1-3H3. The molecule has 0 amide bonds. The molecule has 1 rings (SSSR count). The van der Waals surface area contributed by atoms with Gasteiger partial charge in [0.25, 0.3) is 0 Å². The molecule has 1 aromatic rings. The zero-order valence-corrected chi connectivity index (χ0v) is 13.0. The van der Waals surface area contributed by atoms with Gasteiger partial charge in [0.05, 0.1) is 12.7 Å². The van der Waals surface area contributed by atoms with Gasteiger partial charge in [-0.05, 0) is 31.4 Å². The van der Waals surface area contributed by atoms with E-state index in [9.17, 15) is 4.39 Å². The first-order chi connectivity index (χ1) is 9.69. The predicted octanol–water partition coefficient (Wildman–Crippen LogP) is 4.32. The highest BCUT2D eigenvalue weighted by Gasteiger charge is 2.16. The molecule has 20 heavy (non-hydrogen) atoms. The zero-order chi connectivity index (χ0) is 14.8. The molecule has 0 bridgehead atoms. The van der Waals surface area contributed by atoms with E-state index in [0.29, 0.717) is 24.6 Å². The molecule has 0 aliphatic carbocycles. The van der Waals surface area contributed by atoms with E-state index in [4.69, 9.17) is 4.74 Å². The molecule has 0 saturated carbocycles. The van der Waals surface area contributed by atoms with Crippen LogP contribution >= 0.6 is 0 Å². The molecule has 2 nitrogen and oxygen atoms in total. The fourth-order valence-electron chi connectivity index (χ4n) is 2.26. The fourth-order valence-corrected chi connectivity index (χ4v) is 2.26. The van der Waals surface area contributed by atoms with E-state index in [1.165, 1.54) is 6.07 Å². The minimum atomic E-state index is -0.206. The third-order valence-corrected chi connectivity index (χ3v) is 3.37. The largest absolute Gasteiger partial charge is 0.372 e. The Morgan fingerprint density at radius 3 is 2.60 bits per heavy atom. The molecule has 2 unspecified atom stereocenters. The Morgan fingerprint density at radius 1 is 1.20 bits per heavy atom. The Kier molecular flexibility index (Phi) is 8.47. The molecule has 0 aliphatic rings. The molecule has 0 radical (unpaired) electrons. The summed E-state index contributed by atoms with van der Waals surface area (Å²) >= 11 is 0. The highest BCUT2D eigenvalue weighted by Crippen LogP contribution is 2.21. The van der Waals surface area contributed by atoms with E-state index in [2.05, 4.69) is 26.1 Å². The fraction of sp³-hybridized carbons (Fsp3) is 0.647. The summed E-state index contributed by atoms with van der Waals surface area (Å²) in [5.41, 5.74) is 0.653. The van der Waals surface area contributed by atoms with Gasteiger partial charge in [0.1, 0.15) is 5.82 Å². The normalized spacial score (nSPS) is 14.2. The Balaban J connectivity index is 2.62. The lowest BCUT2D eigenvalue weighted by atomic mass is 10.1. The highest BCUT2D eigenvalue weighted by molar-refractivity contribution is 5.20. The molecule has 0 aromatic heterocycles. The lowest BCUT2D eigenvalue weighted by molar-refractivity contribution is 0.0280. The average Bonchev–Trinajstić information content (AvgIpc) is 2.44. The van der Waals surface area contributed by atoms with Gasteiger partial charge < -0.3 is 10.1 Å². The van der Waals surface area contributed by atoms with E-state index >= 15 is 0 Å². The Hall–Kier alpha value is -0.930. The predicted molar refractivity (Wildman–Crippen MR) is 82.3 cm³/mol. The van der Waals surface area contributed by atoms with Gasteiger partial charge >= 0.3 is 0 Å². The second-order valence-electron chi connectivity index (χ2n) is 5.44. The SMILES string of the molecule is CCCNCC(OCC(C)CCC)c1ccccc1F. The van der Waals surface area contributed by atoms with E-state index < -0.39 is 0 Å². The number of rotatable bonds is 10. The van der Waals surface area contributed by atoms with E-state index in [-0.39, 0.29) is 11.9 Å². The minimum Gasteiger partial charge on any atom is -0.372 e. The van der Waals surface area contributed by atoms with Crippen LogP contribution in [0.4, 0.5) is 4.39 Å². The van der Waals surface area contributed by atoms with Gasteiger partial charge in [-0.1, -0.05) is 45.4 Å². The van der Waals surface area contributed by atoms with Crippen LogP contribution in [0.2, 0.25) is 0 Å². The maximum atomic E-state index is 13.9. The van der Waals surface area contributed by atoms with Crippen molar-refractivity contribution in [3.05, 3.63) is 35.6 Å². The van der Waals surface area contributed by atoms with Gasteiger partial charge in [-0.3, -0.25) is 0 Å². The van der Waals surface area contributed by atoms with Crippen LogP contribution in [-0.4, -0.2) is 19.7 Å². The Labute approximate surface area is 122 Å². The number of ether oxygens (including phenoxy) is 1. The molecule has 1 N–H and O–H groups in total. The van der Waals surface area contributed by atoms with Gasteiger partial charge in [0, 0.05) is 12.1 Å². The smallest absolute Gasteiger partial charge is 0.129 e. The number of halogens is 1. The first-order valence-electron chi connectivity index (χ1n) is 7.75. The van der Waals surface area contributed by atoms with Crippen LogP contribution in [0.1, 0.15) is 51.7 Å².